The molecule has 0 aromatic carbocycles. The number of rotatable bonds is 2. The first-order valence-corrected chi connectivity index (χ1v) is 4.31. The van der Waals surface area contributed by atoms with Crippen LogP contribution in [0.4, 0.5) is 4.39 Å². The van der Waals surface area contributed by atoms with Crippen molar-refractivity contribution in [1.29, 1.82) is 0 Å². The molecule has 0 atom stereocenters. The topological polar surface area (TPSA) is 37.3 Å². The minimum absolute atomic E-state index is 0.148. The highest BCUT2D eigenvalue weighted by atomic mass is 19.1. The third-order valence-corrected chi connectivity index (χ3v) is 2.24. The van der Waals surface area contributed by atoms with E-state index >= 15 is 0 Å². The van der Waals surface area contributed by atoms with Crippen LogP contribution in [0.1, 0.15) is 32.1 Å². The van der Waals surface area contributed by atoms with Crippen LogP contribution in [0.15, 0.2) is 11.9 Å². The molecule has 3 heteroatoms. The lowest BCUT2D eigenvalue weighted by atomic mass is 9.89. The van der Waals surface area contributed by atoms with Gasteiger partial charge in [-0.1, -0.05) is 19.3 Å². The molecule has 0 heterocycles. The van der Waals surface area contributed by atoms with Crippen molar-refractivity contribution in [2.75, 3.05) is 0 Å². The molecule has 2 nitrogen and oxygen atoms in total. The lowest BCUT2D eigenvalue weighted by Gasteiger charge is -2.17. The molecule has 0 saturated heterocycles. The lowest BCUT2D eigenvalue weighted by Crippen LogP contribution is -2.05. The minimum atomic E-state index is -1.44. The summed E-state index contributed by atoms with van der Waals surface area (Å²) >= 11 is 0. The van der Waals surface area contributed by atoms with E-state index in [1.807, 2.05) is 0 Å². The zero-order valence-corrected chi connectivity index (χ0v) is 6.92. The van der Waals surface area contributed by atoms with Gasteiger partial charge in [-0.15, -0.1) is 0 Å². The summed E-state index contributed by atoms with van der Waals surface area (Å²) in [5.74, 6) is -2.29. The van der Waals surface area contributed by atoms with Crippen LogP contribution in [-0.4, -0.2) is 11.1 Å². The average Bonchev–Trinajstić information content (AvgIpc) is 2.06. The highest BCUT2D eigenvalue weighted by molar-refractivity contribution is 5.83. The van der Waals surface area contributed by atoms with Gasteiger partial charge in [0.1, 0.15) is 0 Å². The fraction of sp³-hybridized carbons (Fsp3) is 0.667. The monoisotopic (exact) mass is 172 g/mol. The maximum Gasteiger partial charge on any atom is 0.364 e. The Morgan fingerprint density at radius 1 is 1.33 bits per heavy atom. The fourth-order valence-electron chi connectivity index (χ4n) is 1.58. The number of carboxylic acid groups (broad SMARTS) is 1. The predicted molar refractivity (Wildman–Crippen MR) is 43.4 cm³/mol. The molecule has 0 amide bonds. The van der Waals surface area contributed by atoms with Crippen LogP contribution in [-0.2, 0) is 4.79 Å². The van der Waals surface area contributed by atoms with Crippen molar-refractivity contribution in [1.82, 2.24) is 0 Å². The lowest BCUT2D eigenvalue weighted by molar-refractivity contribution is -0.134. The van der Waals surface area contributed by atoms with Crippen molar-refractivity contribution in [2.45, 2.75) is 32.1 Å². The molecule has 0 bridgehead atoms. The van der Waals surface area contributed by atoms with Gasteiger partial charge in [-0.2, -0.15) is 4.39 Å². The highest BCUT2D eigenvalue weighted by Gasteiger charge is 2.14. The SMILES string of the molecule is O=C(O)C(F)=CC1CCCCC1. The number of carboxylic acids is 1. The second-order valence-corrected chi connectivity index (χ2v) is 3.22. The van der Waals surface area contributed by atoms with E-state index in [0.717, 1.165) is 25.7 Å². The van der Waals surface area contributed by atoms with Crippen LogP contribution in [0, 0.1) is 5.92 Å². The van der Waals surface area contributed by atoms with Crippen molar-refractivity contribution in [3.8, 4) is 0 Å². The van der Waals surface area contributed by atoms with Gasteiger partial charge in [0.05, 0.1) is 0 Å². The van der Waals surface area contributed by atoms with E-state index < -0.39 is 11.8 Å². The van der Waals surface area contributed by atoms with Crippen LogP contribution >= 0.6 is 0 Å². The van der Waals surface area contributed by atoms with Crippen molar-refractivity contribution in [3.63, 3.8) is 0 Å². The van der Waals surface area contributed by atoms with Crippen LogP contribution in [0.3, 0.4) is 0 Å². The summed E-state index contributed by atoms with van der Waals surface area (Å²) in [5.41, 5.74) is 0. The standard InChI is InChI=1S/C9H13FO2/c10-8(9(11)12)6-7-4-2-1-3-5-7/h6-7H,1-5H2,(H,11,12). The molecule has 0 aliphatic heterocycles. The first kappa shape index (κ1) is 9.23. The fourth-order valence-corrected chi connectivity index (χ4v) is 1.58. The molecule has 0 spiro atoms. The Morgan fingerprint density at radius 3 is 2.42 bits per heavy atom. The zero-order valence-electron chi connectivity index (χ0n) is 6.92. The Morgan fingerprint density at radius 2 is 1.92 bits per heavy atom. The number of hydrogen-bond donors (Lipinski definition) is 1. The molecule has 68 valence electrons. The van der Waals surface area contributed by atoms with E-state index in [2.05, 4.69) is 0 Å². The normalized spacial score (nSPS) is 20.9. The molecular weight excluding hydrogens is 159 g/mol. The Hall–Kier alpha value is -0.860. The number of allylic oxidation sites excluding steroid dienone is 1. The number of aliphatic carboxylic acids is 1. The molecule has 1 aliphatic rings. The van der Waals surface area contributed by atoms with Crippen LogP contribution in [0.2, 0.25) is 0 Å². The summed E-state index contributed by atoms with van der Waals surface area (Å²) < 4.78 is 12.6. The van der Waals surface area contributed by atoms with Crippen molar-refractivity contribution < 1.29 is 14.3 Å². The molecule has 0 aromatic rings. The van der Waals surface area contributed by atoms with E-state index in [0.29, 0.717) is 0 Å². The van der Waals surface area contributed by atoms with Gasteiger partial charge < -0.3 is 5.11 Å². The second kappa shape index (κ2) is 4.24. The van der Waals surface area contributed by atoms with Gasteiger partial charge in [0.25, 0.3) is 0 Å². The first-order chi connectivity index (χ1) is 5.70. The Bertz CT molecular complexity index is 193. The first-order valence-electron chi connectivity index (χ1n) is 4.31. The molecule has 0 radical (unpaired) electrons. The van der Waals surface area contributed by atoms with Gasteiger partial charge in [0, 0.05) is 0 Å². The molecular formula is C9H13FO2. The predicted octanol–water partition coefficient (Wildman–Crippen LogP) is 2.50. The highest BCUT2D eigenvalue weighted by Crippen LogP contribution is 2.25. The maximum atomic E-state index is 12.6. The van der Waals surface area contributed by atoms with Gasteiger partial charge in [-0.3, -0.25) is 0 Å². The second-order valence-electron chi connectivity index (χ2n) is 3.22. The van der Waals surface area contributed by atoms with Crippen molar-refractivity contribution in [2.24, 2.45) is 5.92 Å². The molecule has 1 N–H and O–H groups in total. The van der Waals surface area contributed by atoms with Crippen molar-refractivity contribution >= 4 is 5.97 Å². The van der Waals surface area contributed by atoms with Gasteiger partial charge >= 0.3 is 5.97 Å². The third kappa shape index (κ3) is 2.64. The smallest absolute Gasteiger partial charge is 0.364 e. The van der Waals surface area contributed by atoms with Crippen LogP contribution in [0.5, 0.6) is 0 Å². The summed E-state index contributed by atoms with van der Waals surface area (Å²) in [6, 6.07) is 0. The average molecular weight is 172 g/mol. The van der Waals surface area contributed by atoms with E-state index in [1.165, 1.54) is 12.5 Å². The molecule has 1 aliphatic carbocycles. The zero-order chi connectivity index (χ0) is 8.97. The van der Waals surface area contributed by atoms with Gasteiger partial charge in [0.2, 0.25) is 5.83 Å². The summed E-state index contributed by atoms with van der Waals surface area (Å²) in [7, 11) is 0. The molecule has 0 aromatic heterocycles. The van der Waals surface area contributed by atoms with Crippen molar-refractivity contribution in [3.05, 3.63) is 11.9 Å². The van der Waals surface area contributed by atoms with E-state index in [1.54, 1.807) is 0 Å². The molecule has 1 rings (SSSR count). The Kier molecular flexibility index (Phi) is 3.26. The van der Waals surface area contributed by atoms with Gasteiger partial charge in [-0.25, -0.2) is 4.79 Å². The summed E-state index contributed by atoms with van der Waals surface area (Å²) in [4.78, 5) is 10.1. The maximum absolute atomic E-state index is 12.6. The summed E-state index contributed by atoms with van der Waals surface area (Å²) in [6.45, 7) is 0. The van der Waals surface area contributed by atoms with E-state index in [4.69, 9.17) is 5.11 Å². The van der Waals surface area contributed by atoms with Gasteiger partial charge in [-0.05, 0) is 24.8 Å². The van der Waals surface area contributed by atoms with Gasteiger partial charge in [0.15, 0.2) is 0 Å². The summed E-state index contributed by atoms with van der Waals surface area (Å²) in [5, 5.41) is 8.27. The Balaban J connectivity index is 2.47. The third-order valence-electron chi connectivity index (χ3n) is 2.24. The Labute approximate surface area is 71.1 Å². The quantitative estimate of drug-likeness (QED) is 0.650. The number of halogens is 1. The van der Waals surface area contributed by atoms with Crippen LogP contribution < -0.4 is 0 Å². The molecule has 12 heavy (non-hydrogen) atoms. The minimum Gasteiger partial charge on any atom is -0.476 e. The number of carbonyl (C=O) groups is 1. The number of hydrogen-bond acceptors (Lipinski definition) is 1. The summed E-state index contributed by atoms with van der Waals surface area (Å²) in [6.07, 6.45) is 6.49. The molecule has 1 saturated carbocycles. The van der Waals surface area contributed by atoms with Crippen LogP contribution in [0.25, 0.3) is 0 Å². The van der Waals surface area contributed by atoms with E-state index in [-0.39, 0.29) is 5.92 Å². The van der Waals surface area contributed by atoms with E-state index in [9.17, 15) is 9.18 Å². The molecule has 1 fully saturated rings. The largest absolute Gasteiger partial charge is 0.476 e. The molecule has 0 unspecified atom stereocenters.